The molecule has 0 heterocycles. The third-order valence-electron chi connectivity index (χ3n) is 4.55. The summed E-state index contributed by atoms with van der Waals surface area (Å²) in [5.74, 6) is 0.946. The molecule has 2 aliphatic carbocycles. The first-order valence-electron chi connectivity index (χ1n) is 9.08. The molecule has 0 aliphatic heterocycles. The van der Waals surface area contributed by atoms with Crippen LogP contribution in [0.1, 0.15) is 42.0 Å². The lowest BCUT2D eigenvalue weighted by atomic mass is 10.1. The lowest BCUT2D eigenvalue weighted by Gasteiger charge is -2.05. The molecule has 0 N–H and O–H groups in total. The summed E-state index contributed by atoms with van der Waals surface area (Å²) in [5, 5.41) is 0. The van der Waals surface area contributed by atoms with Crippen LogP contribution in [0, 0.1) is 13.8 Å². The number of rotatable bonds is 6. The van der Waals surface area contributed by atoms with Crippen LogP contribution in [-0.2, 0) is 0 Å². The van der Waals surface area contributed by atoms with Crippen molar-refractivity contribution >= 4 is 12.2 Å². The number of aryl methyl sites for hydroxylation is 2. The zero-order valence-corrected chi connectivity index (χ0v) is 15.4. The van der Waals surface area contributed by atoms with Crippen molar-refractivity contribution in [2.24, 2.45) is 0 Å². The van der Waals surface area contributed by atoms with Crippen LogP contribution in [0.3, 0.4) is 0 Å². The molecule has 0 fully saturated rings. The molecule has 0 unspecified atom stereocenters. The van der Waals surface area contributed by atoms with E-state index in [1.54, 1.807) is 0 Å². The highest BCUT2D eigenvalue weighted by Gasteiger charge is 2.07. The topological polar surface area (TPSA) is 9.23 Å². The van der Waals surface area contributed by atoms with Crippen molar-refractivity contribution in [2.45, 2.75) is 33.6 Å². The van der Waals surface area contributed by atoms with Crippen LogP contribution in [0.15, 0.2) is 54.6 Å². The zero-order valence-electron chi connectivity index (χ0n) is 15.4. The first-order valence-corrected chi connectivity index (χ1v) is 9.08. The molecule has 0 aromatic heterocycles. The SMILES string of the molecule is CCCCOc1ccc(C=Cc2cc(C)c3cccc-3c(C)c2)cc1. The van der Waals surface area contributed by atoms with E-state index in [9.17, 15) is 0 Å². The van der Waals surface area contributed by atoms with Gasteiger partial charge in [0.25, 0.3) is 0 Å². The summed E-state index contributed by atoms with van der Waals surface area (Å²) in [6.45, 7) is 7.33. The predicted octanol–water partition coefficient (Wildman–Crippen LogP) is 6.76. The van der Waals surface area contributed by atoms with Gasteiger partial charge >= 0.3 is 0 Å². The summed E-state index contributed by atoms with van der Waals surface area (Å²) in [4.78, 5) is 0. The van der Waals surface area contributed by atoms with Gasteiger partial charge in [0.05, 0.1) is 6.61 Å². The Morgan fingerprint density at radius 3 is 2.00 bits per heavy atom. The van der Waals surface area contributed by atoms with Gasteiger partial charge in [-0.2, -0.15) is 0 Å². The van der Waals surface area contributed by atoms with Crippen molar-refractivity contribution in [2.75, 3.05) is 6.61 Å². The van der Waals surface area contributed by atoms with Crippen molar-refractivity contribution < 1.29 is 4.74 Å². The lowest BCUT2D eigenvalue weighted by molar-refractivity contribution is 0.309. The second-order valence-corrected chi connectivity index (χ2v) is 6.61. The third-order valence-corrected chi connectivity index (χ3v) is 4.55. The van der Waals surface area contributed by atoms with Gasteiger partial charge in [0, 0.05) is 0 Å². The van der Waals surface area contributed by atoms with Gasteiger partial charge < -0.3 is 4.74 Å². The van der Waals surface area contributed by atoms with E-state index in [-0.39, 0.29) is 0 Å². The predicted molar refractivity (Wildman–Crippen MR) is 108 cm³/mol. The van der Waals surface area contributed by atoms with Crippen LogP contribution in [0.5, 0.6) is 5.75 Å². The van der Waals surface area contributed by atoms with Crippen LogP contribution >= 0.6 is 0 Å². The molecule has 1 nitrogen and oxygen atoms in total. The minimum atomic E-state index is 0.793. The Hall–Kier alpha value is -2.54. The van der Waals surface area contributed by atoms with E-state index in [0.717, 1.165) is 25.2 Å². The second kappa shape index (κ2) is 8.02. The van der Waals surface area contributed by atoms with E-state index in [4.69, 9.17) is 4.74 Å². The maximum absolute atomic E-state index is 5.72. The molecule has 0 saturated heterocycles. The van der Waals surface area contributed by atoms with E-state index in [1.807, 2.05) is 12.1 Å². The highest BCUT2D eigenvalue weighted by Crippen LogP contribution is 2.30. The molecule has 0 spiro atoms. The molecular weight excluding hydrogens is 304 g/mol. The normalized spacial score (nSPS) is 11.3. The van der Waals surface area contributed by atoms with Gasteiger partial charge in [-0.3, -0.25) is 0 Å². The molecule has 3 rings (SSSR count). The summed E-state index contributed by atoms with van der Waals surface area (Å²) in [6.07, 6.45) is 6.60. The molecule has 2 aliphatic rings. The van der Waals surface area contributed by atoms with Gasteiger partial charge in [0.1, 0.15) is 5.75 Å². The molecule has 0 amide bonds. The van der Waals surface area contributed by atoms with Crippen LogP contribution < -0.4 is 4.74 Å². The van der Waals surface area contributed by atoms with Crippen LogP contribution in [0.4, 0.5) is 0 Å². The summed E-state index contributed by atoms with van der Waals surface area (Å²) in [7, 11) is 0. The molecule has 128 valence electrons. The van der Waals surface area contributed by atoms with Crippen LogP contribution in [-0.4, -0.2) is 6.61 Å². The van der Waals surface area contributed by atoms with E-state index < -0.39 is 0 Å². The minimum absolute atomic E-state index is 0.793. The summed E-state index contributed by atoms with van der Waals surface area (Å²) < 4.78 is 5.72. The number of unbranched alkanes of at least 4 members (excludes halogenated alkanes) is 1. The Balaban J connectivity index is 1.78. The minimum Gasteiger partial charge on any atom is -0.494 e. The quantitative estimate of drug-likeness (QED) is 0.454. The van der Waals surface area contributed by atoms with Crippen LogP contribution in [0.2, 0.25) is 0 Å². The highest BCUT2D eigenvalue weighted by molar-refractivity contribution is 5.77. The Morgan fingerprint density at radius 2 is 1.40 bits per heavy atom. The van der Waals surface area contributed by atoms with Gasteiger partial charge in [-0.1, -0.05) is 68.0 Å². The Bertz CT molecular complexity index is 791. The number of fused-ring (bicyclic) bond motifs is 1. The summed E-state index contributed by atoms with van der Waals surface area (Å²) in [5.41, 5.74) is 7.72. The maximum atomic E-state index is 5.72. The van der Waals surface area contributed by atoms with Crippen LogP contribution in [0.25, 0.3) is 23.3 Å². The second-order valence-electron chi connectivity index (χ2n) is 6.61. The first-order chi connectivity index (χ1) is 12.2. The average molecular weight is 330 g/mol. The van der Waals surface area contributed by atoms with E-state index in [0.29, 0.717) is 0 Å². The summed E-state index contributed by atoms with van der Waals surface area (Å²) in [6, 6.07) is 19.3. The number of benzene rings is 1. The van der Waals surface area contributed by atoms with Gasteiger partial charge in [-0.15, -0.1) is 0 Å². The van der Waals surface area contributed by atoms with Crippen molar-refractivity contribution in [1.82, 2.24) is 0 Å². The van der Waals surface area contributed by atoms with E-state index >= 15 is 0 Å². The molecule has 0 atom stereocenters. The first kappa shape index (κ1) is 17.3. The highest BCUT2D eigenvalue weighted by atomic mass is 16.5. The number of hydrogen-bond donors (Lipinski definition) is 0. The molecule has 1 heteroatoms. The molecule has 0 radical (unpaired) electrons. The molecule has 1 aromatic carbocycles. The van der Waals surface area contributed by atoms with Gasteiger partial charge in [0.15, 0.2) is 0 Å². The maximum Gasteiger partial charge on any atom is 0.119 e. The van der Waals surface area contributed by atoms with E-state index in [1.165, 1.54) is 33.4 Å². The summed E-state index contributed by atoms with van der Waals surface area (Å²) >= 11 is 0. The lowest BCUT2D eigenvalue weighted by Crippen LogP contribution is -1.95. The van der Waals surface area contributed by atoms with Gasteiger partial charge in [-0.05, 0) is 65.8 Å². The zero-order chi connectivity index (χ0) is 17.6. The fourth-order valence-electron chi connectivity index (χ4n) is 3.10. The van der Waals surface area contributed by atoms with E-state index in [2.05, 4.69) is 75.4 Å². The smallest absolute Gasteiger partial charge is 0.119 e. The van der Waals surface area contributed by atoms with Crippen molar-refractivity contribution in [1.29, 1.82) is 0 Å². The molecule has 25 heavy (non-hydrogen) atoms. The fourth-order valence-corrected chi connectivity index (χ4v) is 3.10. The third kappa shape index (κ3) is 4.30. The van der Waals surface area contributed by atoms with Crippen molar-refractivity contribution in [3.05, 3.63) is 76.9 Å². The average Bonchev–Trinajstić information content (AvgIpc) is 3.07. The fraction of sp³-hybridized carbons (Fsp3) is 0.250. The molecule has 1 aromatic rings. The van der Waals surface area contributed by atoms with Crippen molar-refractivity contribution in [3.63, 3.8) is 0 Å². The van der Waals surface area contributed by atoms with Gasteiger partial charge in [-0.25, -0.2) is 0 Å². The number of ether oxygens (including phenoxy) is 1. The molecular formula is C24H26O. The molecule has 0 bridgehead atoms. The van der Waals surface area contributed by atoms with Gasteiger partial charge in [0.2, 0.25) is 0 Å². The van der Waals surface area contributed by atoms with Crippen molar-refractivity contribution in [3.8, 4) is 16.9 Å². The number of hydrogen-bond acceptors (Lipinski definition) is 1. The molecule has 0 saturated carbocycles. The Kier molecular flexibility index (Phi) is 5.55. The largest absolute Gasteiger partial charge is 0.494 e. The standard InChI is InChI=1S/C24H26O/c1-4-5-15-25-22-13-11-20(12-14-22)9-10-21-16-18(2)23-7-6-8-24(23)19(3)17-21/h6-14,16-17H,4-5,15H2,1-3H3. The monoisotopic (exact) mass is 330 g/mol. The Labute approximate surface area is 151 Å². The Morgan fingerprint density at radius 1 is 0.800 bits per heavy atom.